The summed E-state index contributed by atoms with van der Waals surface area (Å²) in [5.41, 5.74) is 0. The molecule has 8 nitrogen and oxygen atoms in total. The second kappa shape index (κ2) is 45.3. The van der Waals surface area contributed by atoms with Crippen LogP contribution in [0.4, 0.5) is 0 Å². The fraction of sp³-hybridized carbons (Fsp3) is 0.727. The van der Waals surface area contributed by atoms with E-state index in [9.17, 15) is 19.5 Å². The van der Waals surface area contributed by atoms with E-state index in [0.717, 1.165) is 77.0 Å². The van der Waals surface area contributed by atoms with Crippen LogP contribution in [0.2, 0.25) is 0 Å². The number of allylic oxidation sites excluding steroid dienone is 12. The Morgan fingerprint density at radius 2 is 0.937 bits per heavy atom. The molecule has 0 aromatic rings. The van der Waals surface area contributed by atoms with Crippen molar-refractivity contribution in [2.24, 2.45) is 0 Å². The molecule has 362 valence electrons. The number of unbranched alkanes of at least 4 members (excludes halogenated alkanes) is 20. The number of carbonyl (C=O) groups is 3. The van der Waals surface area contributed by atoms with Gasteiger partial charge in [-0.1, -0.05) is 183 Å². The second-order valence-corrected chi connectivity index (χ2v) is 18.1. The summed E-state index contributed by atoms with van der Waals surface area (Å²) >= 11 is 0. The molecule has 0 amide bonds. The highest BCUT2D eigenvalue weighted by molar-refractivity contribution is 5.70. The highest BCUT2D eigenvalue weighted by Gasteiger charge is 2.25. The average molecular weight is 882 g/mol. The number of rotatable bonds is 45. The van der Waals surface area contributed by atoms with Gasteiger partial charge < -0.3 is 28.6 Å². The first-order valence-corrected chi connectivity index (χ1v) is 25.5. The highest BCUT2D eigenvalue weighted by Crippen LogP contribution is 2.15. The number of quaternary nitrogens is 1. The van der Waals surface area contributed by atoms with Crippen LogP contribution >= 0.6 is 0 Å². The predicted molar refractivity (Wildman–Crippen MR) is 263 cm³/mol. The molecular weight excluding hydrogens is 787 g/mol. The van der Waals surface area contributed by atoms with Crippen molar-refractivity contribution >= 4 is 17.9 Å². The molecule has 2 atom stereocenters. The molecule has 2 unspecified atom stereocenters. The molecule has 0 saturated carbocycles. The van der Waals surface area contributed by atoms with Crippen LogP contribution in [0, 0.1) is 0 Å². The summed E-state index contributed by atoms with van der Waals surface area (Å²) in [6.07, 6.45) is 57.8. The molecular formula is C55H95NO7. The summed E-state index contributed by atoms with van der Waals surface area (Å²) in [5.74, 6) is -1.76. The molecule has 0 spiro atoms. The van der Waals surface area contributed by atoms with Crippen LogP contribution < -0.4 is 5.11 Å². The third-order valence-electron chi connectivity index (χ3n) is 11.1. The first-order chi connectivity index (χ1) is 30.6. The zero-order valence-corrected chi connectivity index (χ0v) is 41.2. The summed E-state index contributed by atoms with van der Waals surface area (Å²) < 4.78 is 17.2. The van der Waals surface area contributed by atoms with E-state index in [1.807, 2.05) is 0 Å². The standard InChI is InChI=1S/C55H95NO7/c1-6-8-10-12-14-16-18-20-22-24-26-28-30-32-34-36-38-40-42-44-46-54(58)63-51(49-61-48-47-52(55(59)60)56(3,4)5)50-62-53(57)45-43-41-39-37-35-33-31-29-27-25-23-21-19-17-15-13-11-9-7-2/h9,11,15-18,20-23,27,29,51-52H,6-8,10,12-14,19,24-26,28,30-50H2,1-5H3/b11-9+,17-15+,18-16+,22-20+,23-21+,29-27+. The summed E-state index contributed by atoms with van der Waals surface area (Å²) in [6.45, 7) is 4.52. The summed E-state index contributed by atoms with van der Waals surface area (Å²) in [5, 5.41) is 11.7. The Kier molecular flexibility index (Phi) is 43.0. The SMILES string of the molecule is CC/C=C/C/C=C/C/C=C/C/C=C/CCCCCCCCC(=O)OCC(COCCC(C(=O)[O-])[N+](C)(C)C)OC(=O)CCCCCCCCCCCC/C=C/C=C/CCCCCC. The minimum absolute atomic E-state index is 0.0319. The van der Waals surface area contributed by atoms with Gasteiger partial charge in [-0.2, -0.15) is 0 Å². The van der Waals surface area contributed by atoms with Crippen molar-refractivity contribution in [2.75, 3.05) is 41.0 Å². The number of carboxylic acid groups (broad SMARTS) is 1. The van der Waals surface area contributed by atoms with Crippen molar-refractivity contribution in [2.45, 2.75) is 219 Å². The Labute approximate surface area is 387 Å². The van der Waals surface area contributed by atoms with E-state index in [2.05, 4.69) is 86.8 Å². The van der Waals surface area contributed by atoms with Crippen LogP contribution in [-0.4, -0.2) is 75.5 Å². The van der Waals surface area contributed by atoms with Gasteiger partial charge in [-0.25, -0.2) is 0 Å². The molecule has 0 N–H and O–H groups in total. The van der Waals surface area contributed by atoms with Gasteiger partial charge in [0.2, 0.25) is 0 Å². The van der Waals surface area contributed by atoms with Crippen molar-refractivity contribution in [1.82, 2.24) is 0 Å². The van der Waals surface area contributed by atoms with Gasteiger partial charge in [0.15, 0.2) is 6.10 Å². The Balaban J connectivity index is 4.29. The van der Waals surface area contributed by atoms with Crippen LogP contribution in [0.1, 0.15) is 206 Å². The maximum Gasteiger partial charge on any atom is 0.306 e. The summed E-state index contributed by atoms with van der Waals surface area (Å²) in [7, 11) is 5.41. The van der Waals surface area contributed by atoms with E-state index in [1.165, 1.54) is 96.3 Å². The van der Waals surface area contributed by atoms with E-state index in [4.69, 9.17) is 14.2 Å². The van der Waals surface area contributed by atoms with E-state index in [1.54, 1.807) is 21.1 Å². The lowest BCUT2D eigenvalue weighted by atomic mass is 10.1. The first-order valence-electron chi connectivity index (χ1n) is 25.5. The van der Waals surface area contributed by atoms with Crippen molar-refractivity contribution in [3.8, 4) is 0 Å². The maximum absolute atomic E-state index is 12.8. The molecule has 0 bridgehead atoms. The minimum atomic E-state index is -1.13. The van der Waals surface area contributed by atoms with E-state index in [0.29, 0.717) is 12.8 Å². The van der Waals surface area contributed by atoms with Crippen molar-refractivity contribution in [1.29, 1.82) is 0 Å². The molecule has 0 aliphatic heterocycles. The molecule has 0 aliphatic rings. The third kappa shape index (κ3) is 43.8. The monoisotopic (exact) mass is 882 g/mol. The molecule has 0 heterocycles. The second-order valence-electron chi connectivity index (χ2n) is 18.1. The van der Waals surface area contributed by atoms with E-state index >= 15 is 0 Å². The van der Waals surface area contributed by atoms with Gasteiger partial charge in [0.25, 0.3) is 0 Å². The minimum Gasteiger partial charge on any atom is -0.544 e. The number of hydrogen-bond donors (Lipinski definition) is 0. The molecule has 0 fully saturated rings. The van der Waals surface area contributed by atoms with Crippen LogP contribution in [0.3, 0.4) is 0 Å². The first kappa shape index (κ1) is 59.8. The largest absolute Gasteiger partial charge is 0.544 e. The van der Waals surface area contributed by atoms with Gasteiger partial charge in [-0.05, 0) is 77.0 Å². The molecule has 0 aliphatic carbocycles. The third-order valence-corrected chi connectivity index (χ3v) is 11.1. The van der Waals surface area contributed by atoms with E-state index < -0.39 is 18.1 Å². The lowest BCUT2D eigenvalue weighted by Crippen LogP contribution is -2.55. The number of ether oxygens (including phenoxy) is 3. The topological polar surface area (TPSA) is 102 Å². The number of carbonyl (C=O) groups excluding carboxylic acids is 3. The molecule has 0 rings (SSSR count). The predicted octanol–water partition coefficient (Wildman–Crippen LogP) is 13.4. The van der Waals surface area contributed by atoms with Crippen LogP contribution in [0.5, 0.6) is 0 Å². The lowest BCUT2D eigenvalue weighted by molar-refractivity contribution is -0.889. The number of nitrogens with zero attached hydrogens (tertiary/aromatic N) is 1. The normalized spacial score (nSPS) is 13.5. The zero-order valence-electron chi connectivity index (χ0n) is 41.2. The number of likely N-dealkylation sites (N-methyl/N-ethyl adjacent to an activating group) is 1. The van der Waals surface area contributed by atoms with E-state index in [-0.39, 0.29) is 42.7 Å². The maximum atomic E-state index is 12.8. The molecule has 0 aromatic carbocycles. The molecule has 0 aromatic heterocycles. The van der Waals surface area contributed by atoms with Crippen molar-refractivity contribution in [3.05, 3.63) is 72.9 Å². The number of esters is 2. The average Bonchev–Trinajstić information content (AvgIpc) is 3.24. The summed E-state index contributed by atoms with van der Waals surface area (Å²) in [6, 6.07) is -0.732. The Bertz CT molecular complexity index is 1260. The molecule has 0 radical (unpaired) electrons. The van der Waals surface area contributed by atoms with Crippen LogP contribution in [0.25, 0.3) is 0 Å². The number of hydrogen-bond acceptors (Lipinski definition) is 7. The van der Waals surface area contributed by atoms with Crippen LogP contribution in [0.15, 0.2) is 72.9 Å². The number of aliphatic carboxylic acids is 1. The van der Waals surface area contributed by atoms with Crippen molar-refractivity contribution < 1.29 is 38.2 Å². The zero-order chi connectivity index (χ0) is 46.3. The lowest BCUT2D eigenvalue weighted by Gasteiger charge is -2.34. The van der Waals surface area contributed by atoms with Gasteiger partial charge >= 0.3 is 11.9 Å². The summed E-state index contributed by atoms with van der Waals surface area (Å²) in [4.78, 5) is 37.0. The number of carboxylic acids is 1. The van der Waals surface area contributed by atoms with Gasteiger partial charge in [0.1, 0.15) is 12.6 Å². The Morgan fingerprint density at radius 1 is 0.508 bits per heavy atom. The fourth-order valence-electron chi connectivity index (χ4n) is 7.17. The quantitative estimate of drug-likeness (QED) is 0.0197. The Morgan fingerprint density at radius 3 is 1.41 bits per heavy atom. The van der Waals surface area contributed by atoms with Gasteiger partial charge in [-0.3, -0.25) is 9.59 Å². The Hall–Kier alpha value is -3.23. The molecule has 8 heteroatoms. The smallest absolute Gasteiger partial charge is 0.306 e. The van der Waals surface area contributed by atoms with Gasteiger partial charge in [0, 0.05) is 19.3 Å². The van der Waals surface area contributed by atoms with Gasteiger partial charge in [0.05, 0.1) is 40.3 Å². The van der Waals surface area contributed by atoms with Crippen molar-refractivity contribution in [3.63, 3.8) is 0 Å². The highest BCUT2D eigenvalue weighted by atomic mass is 16.6. The fourth-order valence-corrected chi connectivity index (χ4v) is 7.17. The van der Waals surface area contributed by atoms with Gasteiger partial charge in [-0.15, -0.1) is 0 Å². The van der Waals surface area contributed by atoms with Crippen LogP contribution in [-0.2, 0) is 28.6 Å². The molecule has 0 saturated heterocycles. The molecule has 63 heavy (non-hydrogen) atoms.